The summed E-state index contributed by atoms with van der Waals surface area (Å²) in [5.74, 6) is -0.0660. The van der Waals surface area contributed by atoms with Gasteiger partial charge >= 0.3 is 6.18 Å². The van der Waals surface area contributed by atoms with Gasteiger partial charge in [0.25, 0.3) is 0 Å². The smallest absolute Gasteiger partial charge is 0.433 e. The van der Waals surface area contributed by atoms with Crippen molar-refractivity contribution < 1.29 is 18.3 Å². The molecule has 0 saturated heterocycles. The number of halogens is 3. The van der Waals surface area contributed by atoms with Gasteiger partial charge in [-0.1, -0.05) is 36.4 Å². The van der Waals surface area contributed by atoms with E-state index in [1.807, 2.05) is 53.8 Å². The number of alkyl halides is 3. The third-order valence-electron chi connectivity index (χ3n) is 4.62. The van der Waals surface area contributed by atoms with E-state index < -0.39 is 11.9 Å². The molecule has 2 aromatic heterocycles. The Morgan fingerprint density at radius 2 is 1.82 bits per heavy atom. The van der Waals surface area contributed by atoms with E-state index in [1.165, 1.54) is 6.20 Å². The number of fused-ring (bicyclic) bond motifs is 2. The summed E-state index contributed by atoms with van der Waals surface area (Å²) in [6, 6.07) is 14.6. The number of nitrogens with one attached hydrogen (secondary N) is 2. The molecule has 0 saturated carbocycles. The lowest BCUT2D eigenvalue weighted by Gasteiger charge is -2.13. The van der Waals surface area contributed by atoms with Crippen LogP contribution < -0.4 is 0 Å². The number of hydrogen-bond donors (Lipinski definition) is 3. The van der Waals surface area contributed by atoms with Crippen LogP contribution in [0.15, 0.2) is 67.0 Å². The molecule has 0 spiro atoms. The Hall–Kier alpha value is -3.48. The van der Waals surface area contributed by atoms with Gasteiger partial charge in [0.05, 0.1) is 6.20 Å². The van der Waals surface area contributed by atoms with Crippen molar-refractivity contribution in [3.63, 3.8) is 0 Å². The zero-order valence-corrected chi connectivity index (χ0v) is 14.5. The Balaban J connectivity index is 0.000000162. The molecule has 4 aromatic rings. The topological polar surface area (TPSA) is 64.7 Å². The summed E-state index contributed by atoms with van der Waals surface area (Å²) in [7, 11) is 0. The molecule has 7 heteroatoms. The predicted molar refractivity (Wildman–Crippen MR) is 101 cm³/mol. The van der Waals surface area contributed by atoms with E-state index in [0.717, 1.165) is 22.0 Å². The molecule has 0 amide bonds. The number of nitrogens with zero attached hydrogens (tertiary/aromatic N) is 1. The molecule has 0 bridgehead atoms. The second-order valence-corrected chi connectivity index (χ2v) is 6.41. The van der Waals surface area contributed by atoms with E-state index in [0.29, 0.717) is 5.75 Å². The number of aromatic hydroxyl groups is 1. The monoisotopic (exact) mass is 383 g/mol. The van der Waals surface area contributed by atoms with Crippen molar-refractivity contribution >= 4 is 17.0 Å². The van der Waals surface area contributed by atoms with Gasteiger partial charge in [-0.25, -0.2) is 0 Å². The van der Waals surface area contributed by atoms with Gasteiger partial charge in [0.1, 0.15) is 11.4 Å². The number of hydrogen-bond acceptors (Lipinski definition) is 2. The van der Waals surface area contributed by atoms with Crippen LogP contribution in [0, 0.1) is 0 Å². The van der Waals surface area contributed by atoms with Crippen molar-refractivity contribution in [3.05, 3.63) is 89.4 Å². The maximum Gasteiger partial charge on any atom is 0.433 e. The molecule has 1 atom stereocenters. The minimum absolute atomic E-state index is 0.170. The van der Waals surface area contributed by atoms with Crippen molar-refractivity contribution in [2.24, 2.45) is 0 Å². The van der Waals surface area contributed by atoms with Crippen LogP contribution in [0.3, 0.4) is 0 Å². The lowest BCUT2D eigenvalue weighted by atomic mass is 9.93. The van der Waals surface area contributed by atoms with Gasteiger partial charge in [-0.2, -0.15) is 18.3 Å². The van der Waals surface area contributed by atoms with Crippen molar-refractivity contribution in [3.8, 4) is 5.75 Å². The average molecular weight is 383 g/mol. The Kier molecular flexibility index (Phi) is 4.43. The quantitative estimate of drug-likeness (QED) is 0.409. The van der Waals surface area contributed by atoms with Gasteiger partial charge in [0.2, 0.25) is 0 Å². The van der Waals surface area contributed by atoms with Crippen LogP contribution in [0.4, 0.5) is 13.2 Å². The van der Waals surface area contributed by atoms with E-state index >= 15 is 0 Å². The zero-order valence-electron chi connectivity index (χ0n) is 14.5. The Morgan fingerprint density at radius 3 is 2.64 bits per heavy atom. The molecule has 1 aliphatic rings. The first-order valence-corrected chi connectivity index (χ1v) is 8.57. The number of phenols is 1. The number of benzene rings is 2. The summed E-state index contributed by atoms with van der Waals surface area (Å²) >= 11 is 0. The number of aromatic nitrogens is 3. The zero-order chi connectivity index (χ0) is 19.7. The van der Waals surface area contributed by atoms with E-state index in [9.17, 15) is 13.2 Å². The van der Waals surface area contributed by atoms with Crippen molar-refractivity contribution in [1.82, 2.24) is 15.2 Å². The molecule has 0 radical (unpaired) electrons. The highest BCUT2D eigenvalue weighted by molar-refractivity contribution is 5.80. The van der Waals surface area contributed by atoms with Gasteiger partial charge < -0.3 is 10.1 Å². The molecule has 0 aliphatic heterocycles. The molecule has 28 heavy (non-hydrogen) atoms. The molecule has 0 fully saturated rings. The Morgan fingerprint density at radius 1 is 1.00 bits per heavy atom. The fourth-order valence-corrected chi connectivity index (χ4v) is 3.32. The molecule has 142 valence electrons. The summed E-state index contributed by atoms with van der Waals surface area (Å²) in [5.41, 5.74) is 2.29. The molecular weight excluding hydrogens is 367 g/mol. The summed E-state index contributed by atoms with van der Waals surface area (Å²) in [6.07, 6.45) is 2.30. The highest BCUT2D eigenvalue weighted by Crippen LogP contribution is 2.40. The highest BCUT2D eigenvalue weighted by Gasteiger charge is 2.38. The van der Waals surface area contributed by atoms with Crippen LogP contribution in [0.2, 0.25) is 0 Å². The fraction of sp³-hybridized carbons (Fsp3) is 0.0952. The number of aromatic amines is 2. The van der Waals surface area contributed by atoms with Crippen LogP contribution in [0.5, 0.6) is 5.75 Å². The third-order valence-corrected chi connectivity index (χ3v) is 4.62. The Labute approximate surface area is 158 Å². The molecule has 3 N–H and O–H groups in total. The first-order valence-electron chi connectivity index (χ1n) is 8.57. The van der Waals surface area contributed by atoms with E-state index in [2.05, 4.69) is 10.1 Å². The molecule has 1 unspecified atom stereocenters. The number of H-pyrrole nitrogens is 2. The molecular formula is C21H16F3N3O. The predicted octanol–water partition coefficient (Wildman–Crippen LogP) is 5.46. The SMILES string of the molecule is FC(F)(F)c1[nH]ncc1C1C=Cc2ccccc21.Oc1ccc2[nH]ccc2c1. The van der Waals surface area contributed by atoms with Crippen molar-refractivity contribution in [2.45, 2.75) is 12.1 Å². The first kappa shape index (κ1) is 17.9. The minimum Gasteiger partial charge on any atom is -0.508 e. The summed E-state index contributed by atoms with van der Waals surface area (Å²) in [4.78, 5) is 3.04. The summed E-state index contributed by atoms with van der Waals surface area (Å²) in [5, 5.41) is 15.6. The third kappa shape index (κ3) is 3.38. The minimum atomic E-state index is -4.41. The van der Waals surface area contributed by atoms with Crippen LogP contribution in [0.25, 0.3) is 17.0 Å². The fourth-order valence-electron chi connectivity index (χ4n) is 3.32. The van der Waals surface area contributed by atoms with Crippen molar-refractivity contribution in [2.75, 3.05) is 0 Å². The van der Waals surface area contributed by atoms with E-state index in [4.69, 9.17) is 5.11 Å². The Bertz CT molecular complexity index is 1140. The average Bonchev–Trinajstić information content (AvgIpc) is 3.39. The summed E-state index contributed by atoms with van der Waals surface area (Å²) in [6.45, 7) is 0. The van der Waals surface area contributed by atoms with Crippen LogP contribution >= 0.6 is 0 Å². The number of allylic oxidation sites excluding steroid dienone is 1. The highest BCUT2D eigenvalue weighted by atomic mass is 19.4. The lowest BCUT2D eigenvalue weighted by molar-refractivity contribution is -0.141. The van der Waals surface area contributed by atoms with Gasteiger partial charge in [0.15, 0.2) is 0 Å². The largest absolute Gasteiger partial charge is 0.508 e. The van der Waals surface area contributed by atoms with Gasteiger partial charge in [-0.3, -0.25) is 5.10 Å². The second-order valence-electron chi connectivity index (χ2n) is 6.41. The second kappa shape index (κ2) is 6.92. The van der Waals surface area contributed by atoms with E-state index in [1.54, 1.807) is 18.2 Å². The number of phenolic OH excluding ortho intramolecular Hbond substituents is 1. The molecule has 2 heterocycles. The first-order chi connectivity index (χ1) is 13.4. The normalized spacial score (nSPS) is 15.3. The lowest BCUT2D eigenvalue weighted by Crippen LogP contribution is -2.10. The standard InChI is InChI=1S/C13H9F3N2.C8H7NO/c14-13(15,16)12-11(7-17-18-12)10-6-5-8-3-1-2-4-9(8)10;10-7-1-2-8-6(5-7)3-4-9-8/h1-7,10H,(H,17,18);1-5,9-10H. The summed E-state index contributed by atoms with van der Waals surface area (Å²) < 4.78 is 38.4. The van der Waals surface area contributed by atoms with Crippen LogP contribution in [-0.4, -0.2) is 20.3 Å². The maximum absolute atomic E-state index is 12.8. The molecule has 2 aromatic carbocycles. The van der Waals surface area contributed by atoms with Gasteiger partial charge in [-0.05, 0) is 35.4 Å². The molecule has 4 nitrogen and oxygen atoms in total. The van der Waals surface area contributed by atoms with Crippen LogP contribution in [-0.2, 0) is 6.18 Å². The molecule has 1 aliphatic carbocycles. The maximum atomic E-state index is 12.8. The van der Waals surface area contributed by atoms with Gasteiger partial charge in [-0.15, -0.1) is 0 Å². The van der Waals surface area contributed by atoms with Crippen LogP contribution in [0.1, 0.15) is 28.3 Å². The number of rotatable bonds is 1. The van der Waals surface area contributed by atoms with E-state index in [-0.39, 0.29) is 11.5 Å². The van der Waals surface area contributed by atoms with Gasteiger partial charge in [0, 0.05) is 28.6 Å². The van der Waals surface area contributed by atoms with Crippen molar-refractivity contribution in [1.29, 1.82) is 0 Å². The molecule has 5 rings (SSSR count).